The van der Waals surface area contributed by atoms with Crippen LogP contribution in [0.4, 0.5) is 5.69 Å². The zero-order valence-corrected chi connectivity index (χ0v) is 18.2. The van der Waals surface area contributed by atoms with Crippen molar-refractivity contribution in [2.75, 3.05) is 5.32 Å². The van der Waals surface area contributed by atoms with Gasteiger partial charge in [-0.05, 0) is 37.3 Å². The Morgan fingerprint density at radius 2 is 2.03 bits per heavy atom. The number of aromatic amines is 1. The Hall–Kier alpha value is -3.17. The molecule has 0 saturated heterocycles. The maximum Gasteiger partial charge on any atom is 0.227 e. The van der Waals surface area contributed by atoms with Crippen LogP contribution in [0, 0.1) is 6.92 Å². The number of benzene rings is 2. The van der Waals surface area contributed by atoms with Crippen molar-refractivity contribution in [1.82, 2.24) is 25.3 Å². The molecule has 0 saturated carbocycles. The standard InChI is InChI=1S/C21H19ClN6O2S/c1-13-3-2-4-14(11-13)20-25-21(27-26-20)31-12-17-24-19(30-28-17)10-9-18(29)23-16-7-5-15(22)6-8-16/h2-8,11H,9-10,12H2,1H3,(H,23,29)(H,25,26,27). The monoisotopic (exact) mass is 454 g/mol. The summed E-state index contributed by atoms with van der Waals surface area (Å²) >= 11 is 7.25. The number of carbonyl (C=O) groups excluding carboxylic acids is 1. The highest BCUT2D eigenvalue weighted by molar-refractivity contribution is 7.98. The molecule has 158 valence electrons. The average Bonchev–Trinajstić information content (AvgIpc) is 3.42. The molecule has 0 spiro atoms. The van der Waals surface area contributed by atoms with E-state index in [4.69, 9.17) is 16.1 Å². The molecule has 0 radical (unpaired) electrons. The van der Waals surface area contributed by atoms with Crippen molar-refractivity contribution in [3.05, 3.63) is 70.8 Å². The summed E-state index contributed by atoms with van der Waals surface area (Å²) in [6.45, 7) is 2.03. The van der Waals surface area contributed by atoms with E-state index in [0.29, 0.717) is 45.6 Å². The minimum absolute atomic E-state index is 0.138. The third-order valence-corrected chi connectivity index (χ3v) is 5.39. The van der Waals surface area contributed by atoms with Crippen LogP contribution >= 0.6 is 23.4 Å². The molecular formula is C21H19ClN6O2S. The number of thioether (sulfide) groups is 1. The van der Waals surface area contributed by atoms with Crippen molar-refractivity contribution < 1.29 is 9.32 Å². The first-order chi connectivity index (χ1) is 15.0. The van der Waals surface area contributed by atoms with Gasteiger partial charge in [-0.25, -0.2) is 4.98 Å². The molecule has 2 N–H and O–H groups in total. The van der Waals surface area contributed by atoms with Crippen LogP contribution in [0.25, 0.3) is 11.4 Å². The SMILES string of the molecule is Cc1cccc(-c2nc(SCc3noc(CCC(=O)Nc4ccc(Cl)cc4)n3)n[nH]2)c1. The van der Waals surface area contributed by atoms with Gasteiger partial charge in [0.25, 0.3) is 0 Å². The lowest BCUT2D eigenvalue weighted by Crippen LogP contribution is -2.12. The molecule has 2 aromatic heterocycles. The number of nitrogens with one attached hydrogen (secondary N) is 2. The number of aryl methyl sites for hydroxylation is 2. The summed E-state index contributed by atoms with van der Waals surface area (Å²) < 4.78 is 5.24. The van der Waals surface area contributed by atoms with Gasteiger partial charge in [-0.3, -0.25) is 9.89 Å². The molecule has 2 heterocycles. The van der Waals surface area contributed by atoms with Gasteiger partial charge in [0.2, 0.25) is 17.0 Å². The van der Waals surface area contributed by atoms with Crippen LogP contribution in [-0.4, -0.2) is 31.2 Å². The van der Waals surface area contributed by atoms with E-state index in [9.17, 15) is 4.79 Å². The summed E-state index contributed by atoms with van der Waals surface area (Å²) in [6, 6.07) is 15.0. The smallest absolute Gasteiger partial charge is 0.227 e. The summed E-state index contributed by atoms with van der Waals surface area (Å²) in [7, 11) is 0. The molecule has 1 amide bonds. The summed E-state index contributed by atoms with van der Waals surface area (Å²) in [6.07, 6.45) is 0.591. The van der Waals surface area contributed by atoms with Crippen molar-refractivity contribution in [3.63, 3.8) is 0 Å². The van der Waals surface area contributed by atoms with E-state index in [2.05, 4.69) is 30.6 Å². The first-order valence-electron chi connectivity index (χ1n) is 9.54. The summed E-state index contributed by atoms with van der Waals surface area (Å²) in [4.78, 5) is 20.9. The fourth-order valence-corrected chi connectivity index (χ4v) is 3.56. The molecule has 0 fully saturated rings. The number of hydrogen-bond donors (Lipinski definition) is 2. The summed E-state index contributed by atoms with van der Waals surface area (Å²) in [5, 5.41) is 15.2. The van der Waals surface area contributed by atoms with Gasteiger partial charge in [-0.2, -0.15) is 4.98 Å². The molecule has 0 aliphatic rings. The third kappa shape index (κ3) is 5.93. The van der Waals surface area contributed by atoms with E-state index in [1.807, 2.05) is 31.2 Å². The number of carbonyl (C=O) groups is 1. The third-order valence-electron chi connectivity index (χ3n) is 4.29. The van der Waals surface area contributed by atoms with E-state index in [0.717, 1.165) is 11.1 Å². The highest BCUT2D eigenvalue weighted by Crippen LogP contribution is 2.22. The normalized spacial score (nSPS) is 10.9. The maximum atomic E-state index is 12.1. The van der Waals surface area contributed by atoms with Crippen molar-refractivity contribution in [3.8, 4) is 11.4 Å². The number of nitrogens with zero attached hydrogens (tertiary/aromatic N) is 4. The molecule has 4 rings (SSSR count). The Labute approximate surface area is 187 Å². The second-order valence-corrected chi connectivity index (χ2v) is 8.16. The van der Waals surface area contributed by atoms with E-state index < -0.39 is 0 Å². The van der Waals surface area contributed by atoms with Gasteiger partial charge in [-0.15, -0.1) is 5.10 Å². The summed E-state index contributed by atoms with van der Waals surface area (Å²) in [5.41, 5.74) is 2.83. The van der Waals surface area contributed by atoms with Gasteiger partial charge >= 0.3 is 0 Å². The zero-order valence-electron chi connectivity index (χ0n) is 16.6. The molecule has 31 heavy (non-hydrogen) atoms. The second kappa shape index (κ2) is 9.76. The van der Waals surface area contributed by atoms with Crippen LogP contribution in [-0.2, 0) is 17.0 Å². The van der Waals surface area contributed by atoms with Crippen LogP contribution in [0.2, 0.25) is 5.02 Å². The highest BCUT2D eigenvalue weighted by atomic mass is 35.5. The molecule has 4 aromatic rings. The Bertz CT molecular complexity index is 1170. The van der Waals surface area contributed by atoms with Gasteiger partial charge in [0.1, 0.15) is 0 Å². The second-order valence-electron chi connectivity index (χ2n) is 6.78. The van der Waals surface area contributed by atoms with Crippen LogP contribution in [0.1, 0.15) is 23.7 Å². The molecule has 2 aromatic carbocycles. The number of halogens is 1. The number of rotatable bonds is 8. The first-order valence-corrected chi connectivity index (χ1v) is 10.9. The van der Waals surface area contributed by atoms with E-state index in [-0.39, 0.29) is 12.3 Å². The summed E-state index contributed by atoms with van der Waals surface area (Å²) in [5.74, 6) is 1.98. The average molecular weight is 455 g/mol. The van der Waals surface area contributed by atoms with Crippen LogP contribution < -0.4 is 5.32 Å². The molecule has 0 atom stereocenters. The Morgan fingerprint density at radius 1 is 1.19 bits per heavy atom. The van der Waals surface area contributed by atoms with E-state index in [1.165, 1.54) is 11.8 Å². The van der Waals surface area contributed by atoms with Crippen molar-refractivity contribution in [1.29, 1.82) is 0 Å². The van der Waals surface area contributed by atoms with Crippen molar-refractivity contribution in [2.24, 2.45) is 0 Å². The number of amides is 1. The van der Waals surface area contributed by atoms with Gasteiger partial charge in [-0.1, -0.05) is 52.3 Å². The quantitative estimate of drug-likeness (QED) is 0.372. The Morgan fingerprint density at radius 3 is 2.84 bits per heavy atom. The largest absolute Gasteiger partial charge is 0.339 e. The van der Waals surface area contributed by atoms with Gasteiger partial charge in [0.15, 0.2) is 11.6 Å². The highest BCUT2D eigenvalue weighted by Gasteiger charge is 2.12. The predicted molar refractivity (Wildman–Crippen MR) is 119 cm³/mol. The van der Waals surface area contributed by atoms with Crippen LogP contribution in [0.15, 0.2) is 58.2 Å². The van der Waals surface area contributed by atoms with Gasteiger partial charge < -0.3 is 9.84 Å². The number of hydrogen-bond acceptors (Lipinski definition) is 7. The molecule has 0 bridgehead atoms. The fourth-order valence-electron chi connectivity index (χ4n) is 2.79. The predicted octanol–water partition coefficient (Wildman–Crippen LogP) is 4.68. The molecular weight excluding hydrogens is 436 g/mol. The minimum Gasteiger partial charge on any atom is -0.339 e. The van der Waals surface area contributed by atoms with Crippen LogP contribution in [0.3, 0.4) is 0 Å². The maximum absolute atomic E-state index is 12.1. The molecule has 8 nitrogen and oxygen atoms in total. The van der Waals surface area contributed by atoms with E-state index in [1.54, 1.807) is 24.3 Å². The van der Waals surface area contributed by atoms with Gasteiger partial charge in [0, 0.05) is 29.1 Å². The molecule has 0 unspecified atom stereocenters. The van der Waals surface area contributed by atoms with Gasteiger partial charge in [0.05, 0.1) is 5.75 Å². The number of aromatic nitrogens is 5. The van der Waals surface area contributed by atoms with Crippen molar-refractivity contribution in [2.45, 2.75) is 30.7 Å². The molecule has 10 heteroatoms. The van der Waals surface area contributed by atoms with Crippen molar-refractivity contribution >= 4 is 35.0 Å². The Balaban J connectivity index is 1.26. The van der Waals surface area contributed by atoms with E-state index >= 15 is 0 Å². The minimum atomic E-state index is -0.138. The number of anilines is 1. The molecule has 0 aliphatic heterocycles. The van der Waals surface area contributed by atoms with Crippen LogP contribution in [0.5, 0.6) is 0 Å². The fraction of sp³-hybridized carbons (Fsp3) is 0.190. The topological polar surface area (TPSA) is 110 Å². The first kappa shape index (κ1) is 21.1. The lowest BCUT2D eigenvalue weighted by molar-refractivity contribution is -0.116. The zero-order chi connectivity index (χ0) is 21.6. The lowest BCUT2D eigenvalue weighted by Gasteiger charge is -2.03. The lowest BCUT2D eigenvalue weighted by atomic mass is 10.1. The molecule has 0 aliphatic carbocycles. The number of H-pyrrole nitrogens is 1. The Kier molecular flexibility index (Phi) is 6.63.